The van der Waals surface area contributed by atoms with Gasteiger partial charge in [0.2, 0.25) is 0 Å². The summed E-state index contributed by atoms with van der Waals surface area (Å²) in [6.07, 6.45) is 2.84. The number of hydrogen-bond donors (Lipinski definition) is 1. The minimum atomic E-state index is -0.205. The molecule has 0 saturated carbocycles. The van der Waals surface area contributed by atoms with Crippen LogP contribution in [0.25, 0.3) is 5.69 Å². The summed E-state index contributed by atoms with van der Waals surface area (Å²) in [4.78, 5) is 18.5. The van der Waals surface area contributed by atoms with Crippen LogP contribution in [-0.2, 0) is 9.53 Å². The molecule has 0 radical (unpaired) electrons. The van der Waals surface area contributed by atoms with Gasteiger partial charge in [-0.05, 0) is 75.3 Å². The van der Waals surface area contributed by atoms with E-state index in [0.717, 1.165) is 11.4 Å². The van der Waals surface area contributed by atoms with Crippen molar-refractivity contribution in [3.05, 3.63) is 82.9 Å². The smallest absolute Gasteiger partial charge is 0.305 e. The van der Waals surface area contributed by atoms with Gasteiger partial charge in [-0.1, -0.05) is 23.8 Å². The average Bonchev–Trinajstić information content (AvgIpc) is 3.30. The van der Waals surface area contributed by atoms with Gasteiger partial charge in [0, 0.05) is 36.2 Å². The fourth-order valence-electron chi connectivity index (χ4n) is 4.66. The third-order valence-corrected chi connectivity index (χ3v) is 6.64. The molecule has 2 aromatic heterocycles. The predicted octanol–water partition coefficient (Wildman–Crippen LogP) is 4.72. The molecule has 0 unspecified atom stereocenters. The van der Waals surface area contributed by atoms with Crippen LogP contribution in [0, 0.1) is 20.8 Å². The topological polar surface area (TPSA) is 59.4 Å². The summed E-state index contributed by atoms with van der Waals surface area (Å²) in [6, 6.07) is 16.7. The Balaban J connectivity index is 1.74. The molecular weight excluding hydrogens is 432 g/mol. The van der Waals surface area contributed by atoms with E-state index in [4.69, 9.17) is 17.0 Å². The van der Waals surface area contributed by atoms with E-state index in [-0.39, 0.29) is 18.1 Å². The van der Waals surface area contributed by atoms with Gasteiger partial charge < -0.3 is 19.5 Å². The third kappa shape index (κ3) is 4.64. The number of pyridine rings is 1. The molecule has 172 valence electrons. The second kappa shape index (κ2) is 9.75. The molecular formula is C26H30N4O2S. The highest BCUT2D eigenvalue weighted by Gasteiger charge is 2.41. The molecule has 6 nitrogen and oxygen atoms in total. The van der Waals surface area contributed by atoms with Gasteiger partial charge >= 0.3 is 5.97 Å². The van der Waals surface area contributed by atoms with E-state index < -0.39 is 0 Å². The number of aromatic nitrogens is 2. The van der Waals surface area contributed by atoms with E-state index >= 15 is 0 Å². The van der Waals surface area contributed by atoms with E-state index in [1.54, 1.807) is 0 Å². The van der Waals surface area contributed by atoms with Crippen LogP contribution < -0.4 is 5.32 Å². The lowest BCUT2D eigenvalue weighted by Gasteiger charge is -2.28. The number of rotatable bonds is 7. The van der Waals surface area contributed by atoms with Gasteiger partial charge in [0.15, 0.2) is 5.11 Å². The van der Waals surface area contributed by atoms with E-state index in [0.29, 0.717) is 24.5 Å². The molecule has 3 aromatic rings. The fourth-order valence-corrected chi connectivity index (χ4v) is 4.99. The fraction of sp³-hybridized carbons (Fsp3) is 0.346. The van der Waals surface area contributed by atoms with Gasteiger partial charge in [0.25, 0.3) is 0 Å². The molecule has 0 bridgehead atoms. The number of carbonyl (C=O) groups excluding carboxylic acids is 1. The highest BCUT2D eigenvalue weighted by molar-refractivity contribution is 7.80. The van der Waals surface area contributed by atoms with Crippen molar-refractivity contribution in [3.8, 4) is 5.69 Å². The van der Waals surface area contributed by atoms with E-state index in [9.17, 15) is 4.79 Å². The number of benzene rings is 1. The van der Waals surface area contributed by atoms with Crippen LogP contribution in [0.2, 0.25) is 0 Å². The van der Waals surface area contributed by atoms with E-state index in [1.807, 2.05) is 24.4 Å². The zero-order valence-electron chi connectivity index (χ0n) is 19.5. The second-order valence-corrected chi connectivity index (χ2v) is 8.88. The minimum Gasteiger partial charge on any atom is -0.469 e. The molecule has 1 saturated heterocycles. The van der Waals surface area contributed by atoms with Gasteiger partial charge in [0.1, 0.15) is 0 Å². The summed E-state index contributed by atoms with van der Waals surface area (Å²) >= 11 is 5.76. The predicted molar refractivity (Wildman–Crippen MR) is 133 cm³/mol. The molecule has 0 spiro atoms. The summed E-state index contributed by atoms with van der Waals surface area (Å²) in [5.41, 5.74) is 6.86. The van der Waals surface area contributed by atoms with Crippen LogP contribution in [0.15, 0.2) is 54.7 Å². The zero-order chi connectivity index (χ0) is 23.5. The van der Waals surface area contributed by atoms with Crippen molar-refractivity contribution < 1.29 is 9.53 Å². The Bertz CT molecular complexity index is 1140. The lowest BCUT2D eigenvalue weighted by atomic mass is 9.96. The Kier molecular flexibility index (Phi) is 6.79. The number of carbonyl (C=O) groups is 1. The molecule has 1 N–H and O–H groups in total. The number of ether oxygens (including phenoxy) is 1. The van der Waals surface area contributed by atoms with Gasteiger partial charge in [-0.15, -0.1) is 0 Å². The molecule has 1 aliphatic rings. The van der Waals surface area contributed by atoms with Crippen LogP contribution in [0.4, 0.5) is 0 Å². The van der Waals surface area contributed by atoms with Crippen molar-refractivity contribution in [2.24, 2.45) is 0 Å². The maximum Gasteiger partial charge on any atom is 0.305 e. The highest BCUT2D eigenvalue weighted by atomic mass is 32.1. The van der Waals surface area contributed by atoms with Crippen molar-refractivity contribution >= 4 is 23.3 Å². The van der Waals surface area contributed by atoms with Gasteiger partial charge in [0.05, 0.1) is 24.9 Å². The van der Waals surface area contributed by atoms with Crippen molar-refractivity contribution in [3.63, 3.8) is 0 Å². The normalized spacial score (nSPS) is 17.8. The Morgan fingerprint density at radius 2 is 1.91 bits per heavy atom. The summed E-state index contributed by atoms with van der Waals surface area (Å²) in [6.45, 7) is 7.04. The first-order valence-electron chi connectivity index (χ1n) is 11.2. The number of hydrogen-bond acceptors (Lipinski definition) is 4. The molecule has 33 heavy (non-hydrogen) atoms. The van der Waals surface area contributed by atoms with E-state index in [2.05, 4.69) is 70.9 Å². The second-order valence-electron chi connectivity index (χ2n) is 8.50. The molecule has 0 aliphatic carbocycles. The van der Waals surface area contributed by atoms with Crippen LogP contribution in [-0.4, -0.2) is 39.2 Å². The summed E-state index contributed by atoms with van der Waals surface area (Å²) in [5.74, 6) is -0.205. The number of esters is 1. The average molecular weight is 463 g/mol. The van der Waals surface area contributed by atoms with Gasteiger partial charge in [-0.3, -0.25) is 9.78 Å². The first-order chi connectivity index (χ1) is 15.9. The van der Waals surface area contributed by atoms with Crippen molar-refractivity contribution in [2.75, 3.05) is 13.7 Å². The largest absolute Gasteiger partial charge is 0.469 e. The first kappa shape index (κ1) is 23.0. The maximum atomic E-state index is 11.7. The van der Waals surface area contributed by atoms with Crippen LogP contribution >= 0.6 is 12.2 Å². The van der Waals surface area contributed by atoms with Crippen LogP contribution in [0.5, 0.6) is 0 Å². The zero-order valence-corrected chi connectivity index (χ0v) is 20.4. The number of methoxy groups -OCH3 is 1. The Labute approximate surface area is 200 Å². The van der Waals surface area contributed by atoms with Crippen molar-refractivity contribution in [1.82, 2.24) is 19.8 Å². The minimum absolute atomic E-state index is 0.0320. The number of nitrogens with one attached hydrogen (secondary N) is 1. The SMILES string of the molecule is COC(=O)CCCN1C(=S)N[C@@H](c2ccccn2)[C@H]1c1cc(C)n(-c2ccc(C)cc2)c1C. The lowest BCUT2D eigenvalue weighted by molar-refractivity contribution is -0.140. The van der Waals surface area contributed by atoms with Crippen molar-refractivity contribution in [1.29, 1.82) is 0 Å². The Hall–Kier alpha value is -3.19. The van der Waals surface area contributed by atoms with Gasteiger partial charge in [-0.2, -0.15) is 0 Å². The van der Waals surface area contributed by atoms with Crippen LogP contribution in [0.1, 0.15) is 53.1 Å². The molecule has 1 fully saturated rings. The third-order valence-electron chi connectivity index (χ3n) is 6.29. The standard InChI is InChI=1S/C26H30N4O2S/c1-17-10-12-20(13-11-17)30-18(2)16-21(19(30)3)25-24(22-8-5-6-14-27-22)28-26(33)29(25)15-7-9-23(31)32-4/h5-6,8,10-14,16,24-25H,7,9,15H2,1-4H3,(H,28,33)/t24-,25+/m0/s1. The van der Waals surface area contributed by atoms with E-state index in [1.165, 1.54) is 29.6 Å². The highest BCUT2D eigenvalue weighted by Crippen LogP contribution is 2.41. The lowest BCUT2D eigenvalue weighted by Crippen LogP contribution is -2.31. The maximum absolute atomic E-state index is 11.7. The monoisotopic (exact) mass is 462 g/mol. The molecule has 1 aromatic carbocycles. The first-order valence-corrected chi connectivity index (χ1v) is 11.6. The number of aryl methyl sites for hydroxylation is 2. The Morgan fingerprint density at radius 3 is 2.58 bits per heavy atom. The number of thiocarbonyl (C=S) groups is 1. The van der Waals surface area contributed by atoms with Crippen molar-refractivity contribution in [2.45, 2.75) is 45.7 Å². The number of nitrogens with zero attached hydrogens (tertiary/aromatic N) is 3. The molecule has 7 heteroatoms. The summed E-state index contributed by atoms with van der Waals surface area (Å²) in [7, 11) is 1.42. The summed E-state index contributed by atoms with van der Waals surface area (Å²) in [5, 5.41) is 4.17. The molecule has 3 heterocycles. The molecule has 4 rings (SSSR count). The van der Waals surface area contributed by atoms with Crippen LogP contribution in [0.3, 0.4) is 0 Å². The van der Waals surface area contributed by atoms with Gasteiger partial charge in [-0.25, -0.2) is 0 Å². The Morgan fingerprint density at radius 1 is 1.15 bits per heavy atom. The quantitative estimate of drug-likeness (QED) is 0.405. The summed E-state index contributed by atoms with van der Waals surface area (Å²) < 4.78 is 7.11. The molecule has 1 aliphatic heterocycles. The molecule has 0 amide bonds. The molecule has 2 atom stereocenters.